The van der Waals surface area contributed by atoms with Crippen LogP contribution in [0.4, 0.5) is 11.4 Å². The molecular weight excluding hydrogens is 384 g/mol. The standard InChI is InChI=1S/C18H26N4O5S/c1-5-21(6-2)28(26,27)13-7-8-15(20(3)4)14(11-13)19-16(23)12-22-17(24)9-10-18(22)25/h7-8,11H,5-6,9-10,12H2,1-4H3,(H,19,23). The van der Waals surface area contributed by atoms with Gasteiger partial charge in [0.25, 0.3) is 0 Å². The quantitative estimate of drug-likeness (QED) is 0.638. The molecule has 0 radical (unpaired) electrons. The Kier molecular flexibility index (Phi) is 6.78. The maximum absolute atomic E-state index is 12.8. The molecule has 0 aromatic heterocycles. The fourth-order valence-corrected chi connectivity index (χ4v) is 4.50. The largest absolute Gasteiger partial charge is 0.376 e. The average molecular weight is 410 g/mol. The SMILES string of the molecule is CCN(CC)S(=O)(=O)c1ccc(N(C)C)c(NC(=O)CN2C(=O)CCC2=O)c1. The molecule has 0 saturated carbocycles. The molecule has 1 aliphatic rings. The van der Waals surface area contributed by atoms with Crippen molar-refractivity contribution in [2.75, 3.05) is 43.9 Å². The first-order chi connectivity index (χ1) is 13.1. The molecule has 1 heterocycles. The summed E-state index contributed by atoms with van der Waals surface area (Å²) in [6.45, 7) is 3.77. The summed E-state index contributed by atoms with van der Waals surface area (Å²) in [4.78, 5) is 38.5. The molecule has 28 heavy (non-hydrogen) atoms. The zero-order valence-corrected chi connectivity index (χ0v) is 17.4. The minimum Gasteiger partial charge on any atom is -0.376 e. The first-order valence-electron chi connectivity index (χ1n) is 9.06. The Bertz CT molecular complexity index is 862. The van der Waals surface area contributed by atoms with Crippen molar-refractivity contribution in [3.63, 3.8) is 0 Å². The summed E-state index contributed by atoms with van der Waals surface area (Å²) in [5.74, 6) is -1.33. The third-order valence-corrected chi connectivity index (χ3v) is 6.57. The molecule has 1 saturated heterocycles. The number of carbonyl (C=O) groups excluding carboxylic acids is 3. The lowest BCUT2D eigenvalue weighted by atomic mass is 10.2. The van der Waals surface area contributed by atoms with E-state index in [2.05, 4.69) is 5.32 Å². The van der Waals surface area contributed by atoms with Crippen LogP contribution in [0.5, 0.6) is 0 Å². The highest BCUT2D eigenvalue weighted by Crippen LogP contribution is 2.29. The van der Waals surface area contributed by atoms with E-state index in [4.69, 9.17) is 0 Å². The lowest BCUT2D eigenvalue weighted by Gasteiger charge is -2.22. The number of anilines is 2. The normalized spacial score (nSPS) is 14.7. The van der Waals surface area contributed by atoms with E-state index >= 15 is 0 Å². The Hall–Kier alpha value is -2.46. The predicted octanol–water partition coefficient (Wildman–Crippen LogP) is 0.871. The number of hydrogen-bond donors (Lipinski definition) is 1. The van der Waals surface area contributed by atoms with Gasteiger partial charge in [0.1, 0.15) is 6.54 Å². The van der Waals surface area contributed by atoms with Crippen LogP contribution in [-0.2, 0) is 24.4 Å². The van der Waals surface area contributed by atoms with E-state index in [9.17, 15) is 22.8 Å². The molecular formula is C18H26N4O5S. The molecule has 1 aliphatic heterocycles. The van der Waals surface area contributed by atoms with Gasteiger partial charge in [-0.25, -0.2) is 8.42 Å². The summed E-state index contributed by atoms with van der Waals surface area (Å²) in [6.07, 6.45) is 0.208. The minimum absolute atomic E-state index is 0.0606. The highest BCUT2D eigenvalue weighted by molar-refractivity contribution is 7.89. The van der Waals surface area contributed by atoms with E-state index in [0.29, 0.717) is 24.5 Å². The second kappa shape index (κ2) is 8.70. The monoisotopic (exact) mass is 410 g/mol. The second-order valence-corrected chi connectivity index (χ2v) is 8.52. The number of imide groups is 1. The molecule has 1 fully saturated rings. The van der Waals surface area contributed by atoms with Gasteiger partial charge in [0.15, 0.2) is 0 Å². The molecule has 0 atom stereocenters. The van der Waals surface area contributed by atoms with Gasteiger partial charge in [-0.3, -0.25) is 19.3 Å². The maximum atomic E-state index is 12.8. The van der Waals surface area contributed by atoms with Crippen molar-refractivity contribution >= 4 is 39.1 Å². The van der Waals surface area contributed by atoms with Crippen molar-refractivity contribution in [3.8, 4) is 0 Å². The van der Waals surface area contributed by atoms with Crippen LogP contribution >= 0.6 is 0 Å². The highest BCUT2D eigenvalue weighted by atomic mass is 32.2. The molecule has 9 nitrogen and oxygen atoms in total. The molecule has 1 N–H and O–H groups in total. The minimum atomic E-state index is -3.70. The fraction of sp³-hybridized carbons (Fsp3) is 0.500. The zero-order chi connectivity index (χ0) is 21.1. The van der Waals surface area contributed by atoms with E-state index in [1.165, 1.54) is 16.4 Å². The molecule has 0 spiro atoms. The smallest absolute Gasteiger partial charge is 0.244 e. The number of nitrogens with one attached hydrogen (secondary N) is 1. The highest BCUT2D eigenvalue weighted by Gasteiger charge is 2.31. The van der Waals surface area contributed by atoms with Crippen molar-refractivity contribution in [2.45, 2.75) is 31.6 Å². The van der Waals surface area contributed by atoms with Gasteiger partial charge in [0, 0.05) is 40.0 Å². The van der Waals surface area contributed by atoms with Crippen LogP contribution < -0.4 is 10.2 Å². The Morgan fingerprint density at radius 3 is 2.18 bits per heavy atom. The number of rotatable bonds is 8. The zero-order valence-electron chi connectivity index (χ0n) is 16.6. The van der Waals surface area contributed by atoms with Gasteiger partial charge in [-0.15, -0.1) is 0 Å². The van der Waals surface area contributed by atoms with Gasteiger partial charge in [0.05, 0.1) is 16.3 Å². The van der Waals surface area contributed by atoms with Gasteiger partial charge in [-0.05, 0) is 18.2 Å². The van der Waals surface area contributed by atoms with Crippen LogP contribution in [0.1, 0.15) is 26.7 Å². The van der Waals surface area contributed by atoms with Crippen molar-refractivity contribution in [1.82, 2.24) is 9.21 Å². The van der Waals surface area contributed by atoms with Crippen molar-refractivity contribution in [1.29, 1.82) is 0 Å². The lowest BCUT2D eigenvalue weighted by Crippen LogP contribution is -2.37. The molecule has 10 heteroatoms. The first-order valence-corrected chi connectivity index (χ1v) is 10.5. The van der Waals surface area contributed by atoms with Crippen LogP contribution in [0, 0.1) is 0 Å². The third-order valence-electron chi connectivity index (χ3n) is 4.52. The molecule has 154 valence electrons. The Morgan fingerprint density at radius 1 is 1.11 bits per heavy atom. The van der Waals surface area contributed by atoms with Gasteiger partial charge in [0.2, 0.25) is 27.7 Å². The summed E-state index contributed by atoms with van der Waals surface area (Å²) in [6, 6.07) is 4.50. The molecule has 0 bridgehead atoms. The van der Waals surface area contributed by atoms with E-state index in [1.54, 1.807) is 38.9 Å². The van der Waals surface area contributed by atoms with Crippen molar-refractivity contribution < 1.29 is 22.8 Å². The van der Waals surface area contributed by atoms with Crippen molar-refractivity contribution in [3.05, 3.63) is 18.2 Å². The fourth-order valence-electron chi connectivity index (χ4n) is 3.01. The lowest BCUT2D eigenvalue weighted by molar-refractivity contribution is -0.141. The van der Waals surface area contributed by atoms with Crippen LogP contribution in [0.15, 0.2) is 23.1 Å². The Morgan fingerprint density at radius 2 is 1.68 bits per heavy atom. The van der Waals surface area contributed by atoms with Gasteiger partial charge < -0.3 is 10.2 Å². The van der Waals surface area contributed by atoms with E-state index in [1.807, 2.05) is 0 Å². The molecule has 0 unspecified atom stereocenters. The number of nitrogens with zero attached hydrogens (tertiary/aromatic N) is 3. The molecule has 3 amide bonds. The number of amides is 3. The van der Waals surface area contributed by atoms with E-state index in [0.717, 1.165) is 4.90 Å². The molecule has 2 rings (SSSR count). The number of sulfonamides is 1. The molecule has 1 aromatic rings. The summed E-state index contributed by atoms with van der Waals surface area (Å²) in [7, 11) is -0.175. The predicted molar refractivity (Wildman–Crippen MR) is 105 cm³/mol. The maximum Gasteiger partial charge on any atom is 0.244 e. The average Bonchev–Trinajstić information content (AvgIpc) is 2.94. The summed E-state index contributed by atoms with van der Waals surface area (Å²) in [5, 5.41) is 2.64. The van der Waals surface area contributed by atoms with Crippen LogP contribution in [0.2, 0.25) is 0 Å². The number of benzene rings is 1. The van der Waals surface area contributed by atoms with Crippen LogP contribution in [0.3, 0.4) is 0 Å². The van der Waals surface area contributed by atoms with Crippen LogP contribution in [0.25, 0.3) is 0 Å². The molecule has 0 aliphatic carbocycles. The first kappa shape index (κ1) is 21.8. The summed E-state index contributed by atoms with van der Waals surface area (Å²) < 4.78 is 26.9. The van der Waals surface area contributed by atoms with E-state index in [-0.39, 0.29) is 29.6 Å². The third kappa shape index (κ3) is 4.50. The van der Waals surface area contributed by atoms with Gasteiger partial charge in [-0.1, -0.05) is 13.8 Å². The van der Waals surface area contributed by atoms with E-state index < -0.39 is 22.5 Å². The van der Waals surface area contributed by atoms with Crippen molar-refractivity contribution in [2.24, 2.45) is 0 Å². The number of carbonyl (C=O) groups is 3. The Labute approximate surface area is 165 Å². The number of hydrogen-bond acceptors (Lipinski definition) is 6. The van der Waals surface area contributed by atoms with Crippen LogP contribution in [-0.4, -0.2) is 69.1 Å². The summed E-state index contributed by atoms with van der Waals surface area (Å²) in [5.41, 5.74) is 0.897. The molecule has 1 aromatic carbocycles. The summed E-state index contributed by atoms with van der Waals surface area (Å²) >= 11 is 0. The Balaban J connectivity index is 2.32. The topological polar surface area (TPSA) is 107 Å². The second-order valence-electron chi connectivity index (χ2n) is 6.58. The van der Waals surface area contributed by atoms with Gasteiger partial charge in [-0.2, -0.15) is 4.31 Å². The number of likely N-dealkylation sites (tertiary alicyclic amines) is 1. The van der Waals surface area contributed by atoms with Gasteiger partial charge >= 0.3 is 0 Å².